The molecule has 19 heavy (non-hydrogen) atoms. The molecule has 3 rings (SSSR count). The van der Waals surface area contributed by atoms with Crippen LogP contribution in [0.15, 0.2) is 64.7 Å². The molecule has 1 aliphatic heterocycles. The number of anilines is 1. The Morgan fingerprint density at radius 1 is 1.05 bits per heavy atom. The molecule has 0 unspecified atom stereocenters. The predicted octanol–water partition coefficient (Wildman–Crippen LogP) is 2.89. The molecule has 0 spiro atoms. The Morgan fingerprint density at radius 3 is 2.58 bits per heavy atom. The zero-order valence-electron chi connectivity index (χ0n) is 10.2. The molecule has 0 aromatic heterocycles. The van der Waals surface area contributed by atoms with Crippen molar-refractivity contribution in [2.45, 2.75) is 6.54 Å². The van der Waals surface area contributed by atoms with Crippen LogP contribution < -0.4 is 5.32 Å². The molecule has 2 aromatic rings. The molecule has 4 nitrogen and oxygen atoms in total. The second kappa shape index (κ2) is 4.94. The molecule has 1 heterocycles. The molecule has 0 atom stereocenters. The number of nitrogens with one attached hydrogen (secondary N) is 1. The van der Waals surface area contributed by atoms with Crippen LogP contribution in [0.4, 0.5) is 5.69 Å². The summed E-state index contributed by atoms with van der Waals surface area (Å²) >= 11 is 0. The van der Waals surface area contributed by atoms with Gasteiger partial charge in [-0.25, -0.2) is 0 Å². The van der Waals surface area contributed by atoms with Gasteiger partial charge in [0.25, 0.3) is 0 Å². The van der Waals surface area contributed by atoms with Crippen molar-refractivity contribution in [3.8, 4) is 0 Å². The standard InChI is InChI=1S/C15H13N3O/c19-18-14(11-6-2-1-3-7-11)15-16-10-12-8-4-5-9-13(12)17-15/h1-9,19H,10H2,(H,16,17)/b18-14+. The lowest BCUT2D eigenvalue weighted by atomic mass is 10.1. The summed E-state index contributed by atoms with van der Waals surface area (Å²) in [7, 11) is 0. The Kier molecular flexibility index (Phi) is 2.98. The van der Waals surface area contributed by atoms with E-state index in [1.807, 2.05) is 54.6 Å². The van der Waals surface area contributed by atoms with Crippen molar-refractivity contribution < 1.29 is 5.21 Å². The SMILES string of the molecule is O/N=C(/C1=NCc2ccccc2N1)c1ccccc1. The third kappa shape index (κ3) is 2.20. The van der Waals surface area contributed by atoms with Gasteiger partial charge in [-0.2, -0.15) is 0 Å². The van der Waals surface area contributed by atoms with Crippen LogP contribution in [0.1, 0.15) is 11.1 Å². The van der Waals surface area contributed by atoms with E-state index in [-0.39, 0.29) is 0 Å². The Hall–Kier alpha value is -2.62. The van der Waals surface area contributed by atoms with Crippen LogP contribution in [0.5, 0.6) is 0 Å². The van der Waals surface area contributed by atoms with Gasteiger partial charge in [-0.3, -0.25) is 4.99 Å². The third-order valence-electron chi connectivity index (χ3n) is 3.05. The summed E-state index contributed by atoms with van der Waals surface area (Å²) in [5.41, 5.74) is 3.42. The number of rotatable bonds is 2. The molecule has 2 N–H and O–H groups in total. The minimum Gasteiger partial charge on any atom is -0.410 e. The van der Waals surface area contributed by atoms with Gasteiger partial charge in [0.2, 0.25) is 0 Å². The number of nitrogens with zero attached hydrogens (tertiary/aromatic N) is 2. The van der Waals surface area contributed by atoms with Crippen LogP contribution in [0.3, 0.4) is 0 Å². The number of hydrogen-bond donors (Lipinski definition) is 2. The highest BCUT2D eigenvalue weighted by Crippen LogP contribution is 2.21. The highest BCUT2D eigenvalue weighted by molar-refractivity contribution is 6.51. The summed E-state index contributed by atoms with van der Waals surface area (Å²) in [5.74, 6) is 0.590. The molecule has 0 aliphatic carbocycles. The third-order valence-corrected chi connectivity index (χ3v) is 3.05. The minimum atomic E-state index is 0.454. The van der Waals surface area contributed by atoms with Gasteiger partial charge >= 0.3 is 0 Å². The van der Waals surface area contributed by atoms with E-state index in [0.717, 1.165) is 16.8 Å². The van der Waals surface area contributed by atoms with Gasteiger partial charge in [-0.1, -0.05) is 53.7 Å². The lowest BCUT2D eigenvalue weighted by molar-refractivity contribution is 0.320. The number of benzene rings is 2. The molecule has 0 saturated carbocycles. The van der Waals surface area contributed by atoms with E-state index in [1.54, 1.807) is 0 Å². The number of amidine groups is 1. The zero-order chi connectivity index (χ0) is 13.1. The maximum atomic E-state index is 9.25. The van der Waals surface area contributed by atoms with E-state index >= 15 is 0 Å². The minimum absolute atomic E-state index is 0.454. The molecule has 0 bridgehead atoms. The summed E-state index contributed by atoms with van der Waals surface area (Å²) in [6.07, 6.45) is 0. The Balaban J connectivity index is 1.94. The first kappa shape index (κ1) is 11.5. The molecule has 0 radical (unpaired) electrons. The number of para-hydroxylation sites is 1. The van der Waals surface area contributed by atoms with Crippen molar-refractivity contribution in [2.75, 3.05) is 5.32 Å². The Bertz CT molecular complexity index is 647. The molecule has 4 heteroatoms. The average molecular weight is 251 g/mol. The van der Waals surface area contributed by atoms with Crippen LogP contribution in [-0.4, -0.2) is 16.8 Å². The normalized spacial score (nSPS) is 14.3. The summed E-state index contributed by atoms with van der Waals surface area (Å²) < 4.78 is 0. The fraction of sp³-hybridized carbons (Fsp3) is 0.0667. The molecule has 1 aliphatic rings. The summed E-state index contributed by atoms with van der Waals surface area (Å²) in [5, 5.41) is 15.8. The smallest absolute Gasteiger partial charge is 0.156 e. The lowest BCUT2D eigenvalue weighted by Gasteiger charge is -2.18. The van der Waals surface area contributed by atoms with E-state index in [2.05, 4.69) is 15.5 Å². The van der Waals surface area contributed by atoms with E-state index in [0.29, 0.717) is 18.1 Å². The maximum absolute atomic E-state index is 9.25. The van der Waals surface area contributed by atoms with Gasteiger partial charge in [0.05, 0.1) is 6.54 Å². The largest absolute Gasteiger partial charge is 0.410 e. The monoisotopic (exact) mass is 251 g/mol. The maximum Gasteiger partial charge on any atom is 0.156 e. The molecule has 2 aromatic carbocycles. The van der Waals surface area contributed by atoms with Crippen LogP contribution >= 0.6 is 0 Å². The highest BCUT2D eigenvalue weighted by atomic mass is 16.4. The number of fused-ring (bicyclic) bond motifs is 1. The van der Waals surface area contributed by atoms with E-state index in [1.165, 1.54) is 0 Å². The summed E-state index contributed by atoms with van der Waals surface area (Å²) in [6, 6.07) is 17.5. The fourth-order valence-electron chi connectivity index (χ4n) is 2.08. The van der Waals surface area contributed by atoms with E-state index < -0.39 is 0 Å². The van der Waals surface area contributed by atoms with Crippen molar-refractivity contribution in [1.29, 1.82) is 0 Å². The number of oxime groups is 1. The first-order chi connectivity index (χ1) is 9.38. The molecule has 94 valence electrons. The highest BCUT2D eigenvalue weighted by Gasteiger charge is 2.17. The van der Waals surface area contributed by atoms with E-state index in [4.69, 9.17) is 0 Å². The first-order valence-electron chi connectivity index (χ1n) is 6.06. The summed E-state index contributed by atoms with van der Waals surface area (Å²) in [4.78, 5) is 4.43. The molecule has 0 fully saturated rings. The lowest BCUT2D eigenvalue weighted by Crippen LogP contribution is -2.27. The van der Waals surface area contributed by atoms with Crippen LogP contribution in [-0.2, 0) is 6.54 Å². The van der Waals surface area contributed by atoms with Crippen molar-refractivity contribution in [2.24, 2.45) is 10.1 Å². The topological polar surface area (TPSA) is 57.0 Å². The first-order valence-corrected chi connectivity index (χ1v) is 6.06. The van der Waals surface area contributed by atoms with Crippen molar-refractivity contribution in [3.05, 3.63) is 65.7 Å². The Labute approximate surface area is 111 Å². The van der Waals surface area contributed by atoms with Crippen molar-refractivity contribution >= 4 is 17.2 Å². The number of aliphatic imine (C=N–C) groups is 1. The van der Waals surface area contributed by atoms with Gasteiger partial charge in [0.1, 0.15) is 0 Å². The quantitative estimate of drug-likeness (QED) is 0.490. The van der Waals surface area contributed by atoms with Crippen molar-refractivity contribution in [3.63, 3.8) is 0 Å². The van der Waals surface area contributed by atoms with Gasteiger partial charge in [0.15, 0.2) is 11.5 Å². The number of hydrogen-bond acceptors (Lipinski definition) is 4. The van der Waals surface area contributed by atoms with Crippen LogP contribution in [0, 0.1) is 0 Å². The molecular formula is C15H13N3O. The van der Waals surface area contributed by atoms with Gasteiger partial charge in [-0.15, -0.1) is 0 Å². The van der Waals surface area contributed by atoms with Gasteiger partial charge in [0, 0.05) is 11.3 Å². The van der Waals surface area contributed by atoms with Crippen molar-refractivity contribution in [1.82, 2.24) is 0 Å². The zero-order valence-corrected chi connectivity index (χ0v) is 10.2. The van der Waals surface area contributed by atoms with Crippen LogP contribution in [0.2, 0.25) is 0 Å². The summed E-state index contributed by atoms with van der Waals surface area (Å²) in [6.45, 7) is 0.588. The van der Waals surface area contributed by atoms with E-state index in [9.17, 15) is 5.21 Å². The fourth-order valence-corrected chi connectivity index (χ4v) is 2.08. The molecule has 0 amide bonds. The molecular weight excluding hydrogens is 238 g/mol. The average Bonchev–Trinajstić information content (AvgIpc) is 2.49. The second-order valence-corrected chi connectivity index (χ2v) is 4.26. The van der Waals surface area contributed by atoms with Gasteiger partial charge in [-0.05, 0) is 11.6 Å². The Morgan fingerprint density at radius 2 is 1.79 bits per heavy atom. The second-order valence-electron chi connectivity index (χ2n) is 4.26. The van der Waals surface area contributed by atoms with Gasteiger partial charge < -0.3 is 10.5 Å². The van der Waals surface area contributed by atoms with Crippen LogP contribution in [0.25, 0.3) is 0 Å². The predicted molar refractivity (Wildman–Crippen MR) is 76.0 cm³/mol. The molecule has 0 saturated heterocycles.